The molecule has 2 aromatic rings. The molecule has 0 bridgehead atoms. The molecule has 0 saturated heterocycles. The molecular formula is C19H27N. The van der Waals surface area contributed by atoms with Gasteiger partial charge in [0, 0.05) is 5.54 Å². The van der Waals surface area contributed by atoms with E-state index < -0.39 is 0 Å². The smallest absolute Gasteiger partial charge is 0.00965 e. The predicted molar refractivity (Wildman–Crippen MR) is 89.3 cm³/mol. The lowest BCUT2D eigenvalue weighted by atomic mass is 9.99. The summed E-state index contributed by atoms with van der Waals surface area (Å²) >= 11 is 0. The average molecular weight is 269 g/mol. The molecule has 0 aliphatic rings. The van der Waals surface area contributed by atoms with Crippen molar-refractivity contribution < 1.29 is 0 Å². The van der Waals surface area contributed by atoms with Gasteiger partial charge in [-0.05, 0) is 62.9 Å². The zero-order valence-electron chi connectivity index (χ0n) is 13.1. The summed E-state index contributed by atoms with van der Waals surface area (Å²) in [5, 5.41) is 6.33. The van der Waals surface area contributed by atoms with Gasteiger partial charge in [-0.15, -0.1) is 0 Å². The molecule has 2 aromatic carbocycles. The number of hydrogen-bond donors (Lipinski definition) is 1. The van der Waals surface area contributed by atoms with E-state index in [1.807, 2.05) is 0 Å². The first-order chi connectivity index (χ1) is 9.56. The van der Waals surface area contributed by atoms with Crippen molar-refractivity contribution in [2.75, 3.05) is 6.54 Å². The topological polar surface area (TPSA) is 12.0 Å². The Hall–Kier alpha value is -1.34. The van der Waals surface area contributed by atoms with E-state index in [4.69, 9.17) is 0 Å². The van der Waals surface area contributed by atoms with Crippen LogP contribution >= 0.6 is 0 Å². The summed E-state index contributed by atoms with van der Waals surface area (Å²) in [5.41, 5.74) is 1.74. The summed E-state index contributed by atoms with van der Waals surface area (Å²) in [6, 6.07) is 15.3. The maximum atomic E-state index is 3.55. The number of aryl methyl sites for hydroxylation is 1. The fraction of sp³-hybridized carbons (Fsp3) is 0.474. The van der Waals surface area contributed by atoms with Gasteiger partial charge in [-0.2, -0.15) is 0 Å². The van der Waals surface area contributed by atoms with Crippen molar-refractivity contribution in [3.05, 3.63) is 48.0 Å². The van der Waals surface area contributed by atoms with Crippen molar-refractivity contribution in [2.45, 2.75) is 52.0 Å². The number of benzene rings is 2. The highest BCUT2D eigenvalue weighted by Crippen LogP contribution is 2.20. The monoisotopic (exact) mass is 269 g/mol. The SMILES string of the molecule is CC(C)(C)NCCCCCc1cccc2ccccc12. The molecule has 0 fully saturated rings. The van der Waals surface area contributed by atoms with Crippen LogP contribution in [0.5, 0.6) is 0 Å². The molecule has 0 aromatic heterocycles. The number of unbranched alkanes of at least 4 members (excludes halogenated alkanes) is 2. The second kappa shape index (κ2) is 6.90. The molecule has 1 heteroatoms. The quantitative estimate of drug-likeness (QED) is 0.732. The Morgan fingerprint density at radius 2 is 1.60 bits per heavy atom. The molecule has 0 saturated carbocycles. The van der Waals surface area contributed by atoms with Crippen molar-refractivity contribution in [1.82, 2.24) is 5.32 Å². The second-order valence-corrected chi connectivity index (χ2v) is 6.63. The number of nitrogens with one attached hydrogen (secondary N) is 1. The highest BCUT2D eigenvalue weighted by atomic mass is 14.9. The van der Waals surface area contributed by atoms with Crippen LogP contribution in [0.1, 0.15) is 45.6 Å². The molecule has 0 aliphatic heterocycles. The minimum absolute atomic E-state index is 0.246. The maximum absolute atomic E-state index is 3.55. The predicted octanol–water partition coefficient (Wildman–Crippen LogP) is 4.94. The highest BCUT2D eigenvalue weighted by molar-refractivity contribution is 5.85. The third-order valence-corrected chi connectivity index (χ3v) is 3.66. The third-order valence-electron chi connectivity index (χ3n) is 3.66. The van der Waals surface area contributed by atoms with Gasteiger partial charge in [0.2, 0.25) is 0 Å². The van der Waals surface area contributed by atoms with Crippen molar-refractivity contribution in [3.8, 4) is 0 Å². The van der Waals surface area contributed by atoms with Crippen molar-refractivity contribution >= 4 is 10.8 Å². The van der Waals surface area contributed by atoms with Crippen LogP contribution in [0.3, 0.4) is 0 Å². The minimum atomic E-state index is 0.246. The molecule has 0 heterocycles. The fourth-order valence-electron chi connectivity index (χ4n) is 2.59. The van der Waals surface area contributed by atoms with Gasteiger partial charge in [0.25, 0.3) is 0 Å². The van der Waals surface area contributed by atoms with Gasteiger partial charge in [0.15, 0.2) is 0 Å². The molecule has 1 N–H and O–H groups in total. The molecule has 108 valence electrons. The standard InChI is InChI=1S/C19H27N/c1-19(2,3)20-15-8-4-5-10-16-12-9-13-17-11-6-7-14-18(16)17/h6-7,9,11-14,20H,4-5,8,10,15H2,1-3H3. The summed E-state index contributed by atoms with van der Waals surface area (Å²) in [5.74, 6) is 0. The number of hydrogen-bond acceptors (Lipinski definition) is 1. The largest absolute Gasteiger partial charge is 0.312 e. The van der Waals surface area contributed by atoms with Crippen LogP contribution in [0.4, 0.5) is 0 Å². The number of fused-ring (bicyclic) bond motifs is 1. The summed E-state index contributed by atoms with van der Waals surface area (Å²) < 4.78 is 0. The van der Waals surface area contributed by atoms with Gasteiger partial charge >= 0.3 is 0 Å². The van der Waals surface area contributed by atoms with Crippen LogP contribution in [0, 0.1) is 0 Å². The van der Waals surface area contributed by atoms with Crippen LogP contribution in [0.2, 0.25) is 0 Å². The normalized spacial score (nSPS) is 11.9. The van der Waals surface area contributed by atoms with Crippen molar-refractivity contribution in [1.29, 1.82) is 0 Å². The van der Waals surface area contributed by atoms with Crippen LogP contribution in [0.25, 0.3) is 10.8 Å². The van der Waals surface area contributed by atoms with E-state index in [0.717, 1.165) is 6.54 Å². The molecule has 0 aliphatic carbocycles. The fourth-order valence-corrected chi connectivity index (χ4v) is 2.59. The zero-order valence-corrected chi connectivity index (χ0v) is 13.1. The Bertz CT molecular complexity index is 531. The van der Waals surface area contributed by atoms with E-state index in [9.17, 15) is 0 Å². The van der Waals surface area contributed by atoms with E-state index in [0.29, 0.717) is 0 Å². The molecule has 0 spiro atoms. The van der Waals surface area contributed by atoms with Crippen molar-refractivity contribution in [3.63, 3.8) is 0 Å². The third kappa shape index (κ3) is 4.64. The zero-order chi connectivity index (χ0) is 14.4. The lowest BCUT2D eigenvalue weighted by Gasteiger charge is -2.20. The maximum Gasteiger partial charge on any atom is 0.00965 e. The summed E-state index contributed by atoms with van der Waals surface area (Å²) in [7, 11) is 0. The van der Waals surface area contributed by atoms with Gasteiger partial charge < -0.3 is 5.32 Å². The van der Waals surface area contributed by atoms with E-state index in [1.54, 1.807) is 0 Å². The van der Waals surface area contributed by atoms with Crippen LogP contribution < -0.4 is 5.32 Å². The summed E-state index contributed by atoms with van der Waals surface area (Å²) in [4.78, 5) is 0. The van der Waals surface area contributed by atoms with Gasteiger partial charge in [-0.3, -0.25) is 0 Å². The van der Waals surface area contributed by atoms with Crippen molar-refractivity contribution in [2.24, 2.45) is 0 Å². The Labute approximate surface area is 123 Å². The molecule has 1 nitrogen and oxygen atoms in total. The van der Waals surface area contributed by atoms with Crippen LogP contribution in [0.15, 0.2) is 42.5 Å². The number of rotatable bonds is 6. The molecule has 0 atom stereocenters. The van der Waals surface area contributed by atoms with E-state index in [1.165, 1.54) is 42.0 Å². The molecule has 20 heavy (non-hydrogen) atoms. The summed E-state index contributed by atoms with van der Waals surface area (Å²) in [6.45, 7) is 7.80. The first-order valence-corrected chi connectivity index (χ1v) is 7.78. The van der Waals surface area contributed by atoms with Crippen LogP contribution in [-0.2, 0) is 6.42 Å². The average Bonchev–Trinajstić information content (AvgIpc) is 2.41. The van der Waals surface area contributed by atoms with E-state index in [2.05, 4.69) is 68.6 Å². The Kier molecular flexibility index (Phi) is 5.19. The highest BCUT2D eigenvalue weighted by Gasteiger charge is 2.07. The van der Waals surface area contributed by atoms with E-state index >= 15 is 0 Å². The Morgan fingerprint density at radius 1 is 0.850 bits per heavy atom. The van der Waals surface area contributed by atoms with Gasteiger partial charge in [0.1, 0.15) is 0 Å². The summed E-state index contributed by atoms with van der Waals surface area (Å²) in [6.07, 6.45) is 5.03. The van der Waals surface area contributed by atoms with Gasteiger partial charge in [-0.1, -0.05) is 48.9 Å². The molecule has 0 radical (unpaired) electrons. The molecular weight excluding hydrogens is 242 g/mol. The molecule has 0 amide bonds. The Balaban J connectivity index is 1.79. The first kappa shape index (κ1) is 15.1. The van der Waals surface area contributed by atoms with E-state index in [-0.39, 0.29) is 5.54 Å². The van der Waals surface area contributed by atoms with Crippen LogP contribution in [-0.4, -0.2) is 12.1 Å². The van der Waals surface area contributed by atoms with Gasteiger partial charge in [-0.25, -0.2) is 0 Å². The molecule has 2 rings (SSSR count). The lowest BCUT2D eigenvalue weighted by molar-refractivity contribution is 0.417. The second-order valence-electron chi connectivity index (χ2n) is 6.63. The first-order valence-electron chi connectivity index (χ1n) is 7.78. The Morgan fingerprint density at radius 3 is 2.40 bits per heavy atom. The minimum Gasteiger partial charge on any atom is -0.312 e. The molecule has 0 unspecified atom stereocenters. The van der Waals surface area contributed by atoms with Gasteiger partial charge in [0.05, 0.1) is 0 Å². The lowest BCUT2D eigenvalue weighted by Crippen LogP contribution is -2.36.